The highest BCUT2D eigenvalue weighted by atomic mass is 79.9. The molecule has 0 aromatic carbocycles. The zero-order chi connectivity index (χ0) is 15.1. The molecule has 0 unspecified atom stereocenters. The lowest BCUT2D eigenvalue weighted by atomic mass is 10.3. The van der Waals surface area contributed by atoms with Crippen molar-refractivity contribution in [3.8, 4) is 11.6 Å². The number of aromatic nitrogens is 5. The Bertz CT molecular complexity index is 760. The zero-order valence-electron chi connectivity index (χ0n) is 10.1. The highest BCUT2D eigenvalue weighted by Gasteiger charge is 2.18. The number of hydrogen-bond acceptors (Lipinski definition) is 4. The van der Waals surface area contributed by atoms with Crippen molar-refractivity contribution in [2.75, 3.05) is 5.73 Å². The van der Waals surface area contributed by atoms with Crippen LogP contribution in [0, 0.1) is 0 Å². The smallest absolute Gasteiger partial charge is 0.172 e. The van der Waals surface area contributed by atoms with Crippen LogP contribution in [0.25, 0.3) is 11.6 Å². The highest BCUT2D eigenvalue weighted by Crippen LogP contribution is 2.36. The molecule has 0 aliphatic heterocycles. The van der Waals surface area contributed by atoms with Crippen molar-refractivity contribution >= 4 is 69.4 Å². The van der Waals surface area contributed by atoms with Crippen molar-refractivity contribution in [1.82, 2.24) is 24.5 Å². The van der Waals surface area contributed by atoms with E-state index in [1.54, 1.807) is 34.2 Å². The first-order chi connectivity index (χ1) is 9.97. The van der Waals surface area contributed by atoms with E-state index in [-0.39, 0.29) is 0 Å². The first-order valence-corrected chi connectivity index (χ1v) is 8.70. The Morgan fingerprint density at radius 3 is 1.57 bits per heavy atom. The molecule has 0 aliphatic rings. The Hall–Kier alpha value is -0.710. The maximum Gasteiger partial charge on any atom is 0.172 e. The Kier molecular flexibility index (Phi) is 4.21. The highest BCUT2D eigenvalue weighted by molar-refractivity contribution is 9.11. The second-order valence-corrected chi connectivity index (χ2v) is 7.42. The van der Waals surface area contributed by atoms with Gasteiger partial charge in [0.2, 0.25) is 0 Å². The standard InChI is InChI=1S/C11H6Br4N6/c12-5-1-17-20(3-5)10-7(14)9(16)8(15)11(19-10)21-4-6(13)2-18-21/h1-4H,(H2,16,19). The number of pyridine rings is 1. The average Bonchev–Trinajstić information content (AvgIpc) is 3.05. The lowest BCUT2D eigenvalue weighted by Gasteiger charge is -2.12. The van der Waals surface area contributed by atoms with Gasteiger partial charge in [0.05, 0.1) is 36.0 Å². The summed E-state index contributed by atoms with van der Waals surface area (Å²) < 4.78 is 6.25. The van der Waals surface area contributed by atoms with E-state index in [0.29, 0.717) is 26.3 Å². The van der Waals surface area contributed by atoms with Crippen LogP contribution in [0.15, 0.2) is 42.7 Å². The molecular weight excluding hydrogens is 536 g/mol. The summed E-state index contributed by atoms with van der Waals surface area (Å²) in [5, 5.41) is 8.45. The van der Waals surface area contributed by atoms with Gasteiger partial charge in [-0.05, 0) is 63.7 Å². The van der Waals surface area contributed by atoms with Gasteiger partial charge in [-0.1, -0.05) is 0 Å². The third-order valence-corrected chi connectivity index (χ3v) is 5.00. The van der Waals surface area contributed by atoms with Gasteiger partial charge in [0.25, 0.3) is 0 Å². The van der Waals surface area contributed by atoms with Crippen LogP contribution in [0.1, 0.15) is 0 Å². The number of nitrogens with two attached hydrogens (primary N) is 1. The van der Waals surface area contributed by atoms with Crippen molar-refractivity contribution in [2.24, 2.45) is 0 Å². The molecule has 0 bridgehead atoms. The third kappa shape index (κ3) is 2.81. The fourth-order valence-corrected chi connectivity index (χ4v) is 3.45. The summed E-state index contributed by atoms with van der Waals surface area (Å²) >= 11 is 13.6. The normalized spacial score (nSPS) is 11.0. The molecule has 3 aromatic rings. The summed E-state index contributed by atoms with van der Waals surface area (Å²) in [5.41, 5.74) is 6.65. The summed E-state index contributed by atoms with van der Waals surface area (Å²) in [4.78, 5) is 4.59. The van der Waals surface area contributed by atoms with Gasteiger partial charge in [-0.2, -0.15) is 10.2 Å². The fraction of sp³-hybridized carbons (Fsp3) is 0. The summed E-state index contributed by atoms with van der Waals surface area (Å²) in [6, 6.07) is 0. The monoisotopic (exact) mass is 538 g/mol. The summed E-state index contributed by atoms with van der Waals surface area (Å²) in [6.07, 6.45) is 6.94. The van der Waals surface area contributed by atoms with Crippen LogP contribution in [-0.2, 0) is 0 Å². The van der Waals surface area contributed by atoms with E-state index in [2.05, 4.69) is 78.9 Å². The van der Waals surface area contributed by atoms with Gasteiger partial charge in [-0.15, -0.1) is 0 Å². The van der Waals surface area contributed by atoms with E-state index in [1.807, 2.05) is 0 Å². The van der Waals surface area contributed by atoms with Crippen LogP contribution in [0.2, 0.25) is 0 Å². The topological polar surface area (TPSA) is 74.6 Å². The molecular formula is C11H6Br4N6. The van der Waals surface area contributed by atoms with E-state index >= 15 is 0 Å². The van der Waals surface area contributed by atoms with Crippen LogP contribution in [0.3, 0.4) is 0 Å². The SMILES string of the molecule is Nc1c(Br)c(-n2cc(Br)cn2)nc(-n2cc(Br)cn2)c1Br. The molecule has 0 amide bonds. The van der Waals surface area contributed by atoms with Crippen LogP contribution in [0.4, 0.5) is 5.69 Å². The fourth-order valence-electron chi connectivity index (χ4n) is 1.67. The molecule has 0 fully saturated rings. The first kappa shape index (κ1) is 15.2. The molecule has 0 aliphatic carbocycles. The van der Waals surface area contributed by atoms with E-state index in [4.69, 9.17) is 5.73 Å². The Balaban J connectivity index is 2.25. The minimum Gasteiger partial charge on any atom is -0.397 e. The van der Waals surface area contributed by atoms with Gasteiger partial charge < -0.3 is 5.73 Å². The molecule has 6 nitrogen and oxygen atoms in total. The lowest BCUT2D eigenvalue weighted by Crippen LogP contribution is -2.09. The predicted octanol–water partition coefficient (Wildman–Crippen LogP) is 4.09. The molecule has 0 atom stereocenters. The molecule has 0 radical (unpaired) electrons. The molecule has 3 aromatic heterocycles. The number of halogens is 4. The van der Waals surface area contributed by atoms with E-state index in [0.717, 1.165) is 8.95 Å². The number of nitrogens with zero attached hydrogens (tertiary/aromatic N) is 5. The molecule has 3 rings (SSSR count). The van der Waals surface area contributed by atoms with E-state index < -0.39 is 0 Å². The summed E-state index contributed by atoms with van der Waals surface area (Å²) in [6.45, 7) is 0. The molecule has 0 saturated heterocycles. The number of nitrogen functional groups attached to an aromatic ring is 1. The summed E-state index contributed by atoms with van der Waals surface area (Å²) in [7, 11) is 0. The lowest BCUT2D eigenvalue weighted by molar-refractivity contribution is 0.797. The van der Waals surface area contributed by atoms with Crippen molar-refractivity contribution in [1.29, 1.82) is 0 Å². The quantitative estimate of drug-likeness (QED) is 0.531. The van der Waals surface area contributed by atoms with E-state index in [1.165, 1.54) is 0 Å². The second-order valence-electron chi connectivity index (χ2n) is 4.01. The molecule has 21 heavy (non-hydrogen) atoms. The van der Waals surface area contributed by atoms with E-state index in [9.17, 15) is 0 Å². The average molecular weight is 542 g/mol. The van der Waals surface area contributed by atoms with Gasteiger partial charge in [-0.25, -0.2) is 14.3 Å². The number of hydrogen-bond donors (Lipinski definition) is 1. The minimum absolute atomic E-state index is 0.522. The van der Waals surface area contributed by atoms with Crippen molar-refractivity contribution in [2.45, 2.75) is 0 Å². The molecule has 10 heteroatoms. The molecule has 0 spiro atoms. The second kappa shape index (κ2) is 5.82. The van der Waals surface area contributed by atoms with Gasteiger partial charge in [0, 0.05) is 12.4 Å². The molecule has 108 valence electrons. The van der Waals surface area contributed by atoms with Crippen LogP contribution in [0.5, 0.6) is 0 Å². The largest absolute Gasteiger partial charge is 0.397 e. The zero-order valence-corrected chi connectivity index (χ0v) is 16.5. The van der Waals surface area contributed by atoms with Gasteiger partial charge >= 0.3 is 0 Å². The molecule has 2 N–H and O–H groups in total. The van der Waals surface area contributed by atoms with Crippen molar-refractivity contribution < 1.29 is 0 Å². The van der Waals surface area contributed by atoms with Gasteiger partial charge in [0.1, 0.15) is 0 Å². The molecule has 0 saturated carbocycles. The molecule has 3 heterocycles. The van der Waals surface area contributed by atoms with Gasteiger partial charge in [0.15, 0.2) is 11.6 Å². The van der Waals surface area contributed by atoms with Crippen LogP contribution in [-0.4, -0.2) is 24.5 Å². The minimum atomic E-state index is 0.522. The maximum atomic E-state index is 6.13. The predicted molar refractivity (Wildman–Crippen MR) is 93.7 cm³/mol. The number of rotatable bonds is 2. The third-order valence-electron chi connectivity index (χ3n) is 2.61. The van der Waals surface area contributed by atoms with Crippen LogP contribution >= 0.6 is 63.7 Å². The Labute approximate surface area is 153 Å². The maximum absolute atomic E-state index is 6.13. The van der Waals surface area contributed by atoms with Crippen molar-refractivity contribution in [3.05, 3.63) is 42.7 Å². The van der Waals surface area contributed by atoms with Gasteiger partial charge in [-0.3, -0.25) is 0 Å². The van der Waals surface area contributed by atoms with Crippen molar-refractivity contribution in [3.63, 3.8) is 0 Å². The first-order valence-electron chi connectivity index (χ1n) is 5.53. The Morgan fingerprint density at radius 1 is 0.810 bits per heavy atom. The number of anilines is 1. The van der Waals surface area contributed by atoms with Crippen LogP contribution < -0.4 is 5.73 Å². The summed E-state index contributed by atoms with van der Waals surface area (Å²) in [5.74, 6) is 1.14. The Morgan fingerprint density at radius 2 is 1.24 bits per heavy atom.